The first-order valence-electron chi connectivity index (χ1n) is 12.8. The predicted octanol–water partition coefficient (Wildman–Crippen LogP) is 7.95. The number of benzene rings is 3. The SMILES string of the molecule is Cc1cc(-c2ccc(-n3cc(C(F)(F)F)nc3C)c(-c3nc(C)oc3-c3ccc(OC(F)F)c(F)c3)c2)cc(S(C)(=O)=O)c1. The number of hydrogen-bond acceptors (Lipinski definition) is 6. The van der Waals surface area contributed by atoms with Crippen molar-refractivity contribution < 1.29 is 43.9 Å². The van der Waals surface area contributed by atoms with Crippen molar-refractivity contribution in [2.75, 3.05) is 6.26 Å². The molecule has 0 saturated heterocycles. The van der Waals surface area contributed by atoms with Crippen LogP contribution in [-0.4, -0.2) is 35.8 Å². The normalized spacial score (nSPS) is 12.2. The third kappa shape index (κ3) is 6.20. The molecule has 0 aliphatic heterocycles. The number of imidazole rings is 1. The summed E-state index contributed by atoms with van der Waals surface area (Å²) in [6.07, 6.45) is -2.83. The summed E-state index contributed by atoms with van der Waals surface area (Å²) < 4.78 is 117. The number of ether oxygens (including phenoxy) is 1. The summed E-state index contributed by atoms with van der Waals surface area (Å²) in [7, 11) is -3.58. The number of alkyl halides is 5. The molecule has 5 aromatic rings. The lowest BCUT2D eigenvalue weighted by Gasteiger charge is -2.15. The summed E-state index contributed by atoms with van der Waals surface area (Å²) >= 11 is 0. The first-order valence-corrected chi connectivity index (χ1v) is 14.7. The molecular formula is C30H23F6N3O4S. The van der Waals surface area contributed by atoms with Crippen LogP contribution in [-0.2, 0) is 16.0 Å². The fourth-order valence-corrected chi connectivity index (χ4v) is 5.48. The zero-order valence-electron chi connectivity index (χ0n) is 23.5. The minimum absolute atomic E-state index is 0.00160. The van der Waals surface area contributed by atoms with Crippen LogP contribution in [0.3, 0.4) is 0 Å². The van der Waals surface area contributed by atoms with Crippen LogP contribution in [0.2, 0.25) is 0 Å². The number of aryl methyl sites for hydroxylation is 3. The van der Waals surface area contributed by atoms with Crippen LogP contribution in [0.5, 0.6) is 5.75 Å². The monoisotopic (exact) mass is 635 g/mol. The highest BCUT2D eigenvalue weighted by Gasteiger charge is 2.35. The Balaban J connectivity index is 1.76. The quantitative estimate of drug-likeness (QED) is 0.169. The molecule has 3 aromatic carbocycles. The highest BCUT2D eigenvalue weighted by Crippen LogP contribution is 2.40. The minimum Gasteiger partial charge on any atom is -0.440 e. The van der Waals surface area contributed by atoms with E-state index in [0.29, 0.717) is 16.7 Å². The van der Waals surface area contributed by atoms with Crippen LogP contribution in [0.1, 0.15) is 23.0 Å². The molecule has 0 aliphatic carbocycles. The molecule has 0 saturated carbocycles. The highest BCUT2D eigenvalue weighted by atomic mass is 32.2. The van der Waals surface area contributed by atoms with E-state index in [1.165, 1.54) is 42.7 Å². The summed E-state index contributed by atoms with van der Waals surface area (Å²) in [6.45, 7) is 1.35. The van der Waals surface area contributed by atoms with Gasteiger partial charge in [-0.1, -0.05) is 12.1 Å². The maximum absolute atomic E-state index is 14.7. The van der Waals surface area contributed by atoms with E-state index < -0.39 is 39.9 Å². The lowest BCUT2D eigenvalue weighted by atomic mass is 9.97. The van der Waals surface area contributed by atoms with E-state index in [9.17, 15) is 34.8 Å². The van der Waals surface area contributed by atoms with Crippen molar-refractivity contribution in [3.63, 3.8) is 0 Å². The fourth-order valence-electron chi connectivity index (χ4n) is 4.74. The van der Waals surface area contributed by atoms with Gasteiger partial charge in [-0.2, -0.15) is 22.0 Å². The maximum Gasteiger partial charge on any atom is 0.434 e. The first kappa shape index (κ1) is 30.9. The number of nitrogens with zero attached hydrogens (tertiary/aromatic N) is 3. The summed E-state index contributed by atoms with van der Waals surface area (Å²) in [5, 5.41) is 0. The van der Waals surface area contributed by atoms with Crippen molar-refractivity contribution in [2.24, 2.45) is 0 Å². The summed E-state index contributed by atoms with van der Waals surface area (Å²) in [6, 6.07) is 12.6. The Morgan fingerprint density at radius 2 is 1.61 bits per heavy atom. The van der Waals surface area contributed by atoms with Gasteiger partial charge in [-0.05, 0) is 73.0 Å². The summed E-state index contributed by atoms with van der Waals surface area (Å²) in [5.74, 6) is -1.68. The second-order valence-corrected chi connectivity index (χ2v) is 12.0. The standard InChI is InChI=1S/C30H23F6N3O4S/c1-15-9-20(11-21(10-15)44(4,40)41)18-5-7-24(39-14-26(30(34,35)36)37-16(39)2)22(12-18)27-28(42-17(3)38-27)19-6-8-25(23(31)13-19)43-29(32)33/h5-14,29H,1-4H3. The third-order valence-corrected chi connectivity index (χ3v) is 7.73. The van der Waals surface area contributed by atoms with Gasteiger partial charge in [0.1, 0.15) is 11.5 Å². The van der Waals surface area contributed by atoms with E-state index in [1.807, 2.05) is 0 Å². The Bertz CT molecular complexity index is 2000. The van der Waals surface area contributed by atoms with Gasteiger partial charge in [0.25, 0.3) is 0 Å². The van der Waals surface area contributed by atoms with Crippen LogP contribution in [0.15, 0.2) is 70.1 Å². The van der Waals surface area contributed by atoms with Gasteiger partial charge in [0.05, 0.1) is 10.6 Å². The number of oxazole rings is 1. The number of rotatable bonds is 7. The van der Waals surface area contributed by atoms with E-state index in [2.05, 4.69) is 14.7 Å². The van der Waals surface area contributed by atoms with Crippen LogP contribution in [0, 0.1) is 26.6 Å². The van der Waals surface area contributed by atoms with Crippen LogP contribution >= 0.6 is 0 Å². The highest BCUT2D eigenvalue weighted by molar-refractivity contribution is 7.90. The van der Waals surface area contributed by atoms with Gasteiger partial charge in [0, 0.05) is 30.5 Å². The molecule has 2 heterocycles. The predicted molar refractivity (Wildman–Crippen MR) is 149 cm³/mol. The third-order valence-electron chi connectivity index (χ3n) is 6.64. The van der Waals surface area contributed by atoms with E-state index in [-0.39, 0.29) is 44.9 Å². The van der Waals surface area contributed by atoms with E-state index in [0.717, 1.165) is 24.6 Å². The summed E-state index contributed by atoms with van der Waals surface area (Å²) in [5.41, 5.74) is 1.13. The Hall–Kier alpha value is -4.59. The molecule has 0 radical (unpaired) electrons. The van der Waals surface area contributed by atoms with Crippen molar-refractivity contribution >= 4 is 9.84 Å². The zero-order chi connectivity index (χ0) is 32.1. The van der Waals surface area contributed by atoms with Gasteiger partial charge in [-0.25, -0.2) is 22.8 Å². The average molecular weight is 636 g/mol. The Morgan fingerprint density at radius 3 is 2.23 bits per heavy atom. The molecule has 14 heteroatoms. The molecule has 0 atom stereocenters. The van der Waals surface area contributed by atoms with Gasteiger partial charge >= 0.3 is 12.8 Å². The fraction of sp³-hybridized carbons (Fsp3) is 0.200. The summed E-state index contributed by atoms with van der Waals surface area (Å²) in [4.78, 5) is 8.17. The molecule has 5 rings (SSSR count). The second kappa shape index (κ2) is 11.2. The van der Waals surface area contributed by atoms with Gasteiger partial charge in [0.15, 0.2) is 38.7 Å². The number of aromatic nitrogens is 3. The van der Waals surface area contributed by atoms with Gasteiger partial charge in [-0.3, -0.25) is 0 Å². The smallest absolute Gasteiger partial charge is 0.434 e. The molecule has 2 aromatic heterocycles. The molecule has 7 nitrogen and oxygen atoms in total. The van der Waals surface area contributed by atoms with E-state index in [4.69, 9.17) is 4.42 Å². The Labute approximate surface area is 247 Å². The molecule has 0 bridgehead atoms. The molecule has 0 amide bonds. The van der Waals surface area contributed by atoms with Crippen molar-refractivity contribution in [3.8, 4) is 45.1 Å². The van der Waals surface area contributed by atoms with Gasteiger partial charge < -0.3 is 13.7 Å². The Morgan fingerprint density at radius 1 is 0.909 bits per heavy atom. The molecule has 0 aliphatic rings. The molecule has 0 N–H and O–H groups in total. The molecule has 0 fully saturated rings. The zero-order valence-corrected chi connectivity index (χ0v) is 24.3. The van der Waals surface area contributed by atoms with Crippen LogP contribution in [0.25, 0.3) is 39.4 Å². The molecule has 44 heavy (non-hydrogen) atoms. The minimum atomic E-state index is -4.73. The first-order chi connectivity index (χ1) is 20.5. The van der Waals surface area contributed by atoms with Gasteiger partial charge in [0.2, 0.25) is 0 Å². The number of halogens is 6. The maximum atomic E-state index is 14.7. The van der Waals surface area contributed by atoms with Gasteiger partial charge in [-0.15, -0.1) is 0 Å². The van der Waals surface area contributed by atoms with Crippen molar-refractivity contribution in [2.45, 2.75) is 38.5 Å². The molecule has 230 valence electrons. The Kier molecular flexibility index (Phi) is 7.82. The second-order valence-electron chi connectivity index (χ2n) is 10.0. The van der Waals surface area contributed by atoms with Crippen LogP contribution < -0.4 is 4.74 Å². The van der Waals surface area contributed by atoms with Crippen molar-refractivity contribution in [1.29, 1.82) is 0 Å². The number of hydrogen-bond donors (Lipinski definition) is 0. The van der Waals surface area contributed by atoms with Crippen LogP contribution in [0.4, 0.5) is 26.3 Å². The number of sulfone groups is 1. The molecular weight excluding hydrogens is 612 g/mol. The van der Waals surface area contributed by atoms with E-state index >= 15 is 0 Å². The van der Waals surface area contributed by atoms with E-state index in [1.54, 1.807) is 25.1 Å². The largest absolute Gasteiger partial charge is 0.440 e. The molecule has 0 unspecified atom stereocenters. The van der Waals surface area contributed by atoms with Crippen molar-refractivity contribution in [3.05, 3.63) is 89.6 Å². The lowest BCUT2D eigenvalue weighted by Crippen LogP contribution is -2.05. The molecule has 0 spiro atoms. The topological polar surface area (TPSA) is 87.2 Å². The lowest BCUT2D eigenvalue weighted by molar-refractivity contribution is -0.141. The van der Waals surface area contributed by atoms with Crippen molar-refractivity contribution in [1.82, 2.24) is 14.5 Å². The average Bonchev–Trinajstić information content (AvgIpc) is 3.51.